The molecule has 0 atom stereocenters. The molecule has 204 valence electrons. The summed E-state index contributed by atoms with van der Waals surface area (Å²) in [6.45, 7) is 4.77. The Morgan fingerprint density at radius 3 is 1.95 bits per heavy atom. The van der Waals surface area contributed by atoms with Crippen LogP contribution in [0.2, 0.25) is 0 Å². The number of hydrogen-bond acceptors (Lipinski definition) is 0. The van der Waals surface area contributed by atoms with E-state index in [1.54, 1.807) is 0 Å². The minimum atomic E-state index is -0.169. The number of fused-ring (bicyclic) bond motifs is 7. The topological polar surface area (TPSA) is 4.93 Å². The van der Waals surface area contributed by atoms with Crippen LogP contribution in [-0.2, 0) is 5.41 Å². The molecule has 0 amide bonds. The molecule has 7 aromatic rings. The fourth-order valence-corrected chi connectivity index (χ4v) is 7.06. The largest absolute Gasteiger partial charge is 0.309 e. The lowest BCUT2D eigenvalue weighted by atomic mass is 9.80. The van der Waals surface area contributed by atoms with Gasteiger partial charge >= 0.3 is 0 Å². The van der Waals surface area contributed by atoms with Crippen molar-refractivity contribution in [2.45, 2.75) is 19.3 Å². The quantitative estimate of drug-likeness (QED) is 0.171. The van der Waals surface area contributed by atoms with E-state index in [0.717, 1.165) is 15.6 Å². The maximum Gasteiger partial charge on any atom is 0.0588 e. The van der Waals surface area contributed by atoms with Crippen molar-refractivity contribution in [3.63, 3.8) is 0 Å². The Kier molecular flexibility index (Phi) is 5.93. The van der Waals surface area contributed by atoms with Crippen LogP contribution in [0, 0.1) is 11.8 Å². The molecule has 0 bridgehead atoms. The Labute approximate surface area is 260 Å². The third-order valence-corrected chi connectivity index (χ3v) is 9.40. The highest BCUT2D eigenvalue weighted by atomic mass is 79.9. The fraction of sp³-hybridized carbons (Fsp3) is 0.0732. The zero-order valence-corrected chi connectivity index (χ0v) is 25.6. The SMILES string of the molecule is CC1(C)c2cc(-c3ccc(C#Cc4ccc(Br)cc4)cc3)ccc2-c2ccc3c4ccccc4n(-c4ccccc4)c3c21. The molecular weight excluding hydrogens is 586 g/mol. The van der Waals surface area contributed by atoms with E-state index in [0.29, 0.717) is 0 Å². The second-order valence-corrected chi connectivity index (χ2v) is 12.7. The first-order valence-corrected chi connectivity index (χ1v) is 15.4. The van der Waals surface area contributed by atoms with E-state index in [-0.39, 0.29) is 5.41 Å². The molecule has 1 heterocycles. The molecule has 1 nitrogen and oxygen atoms in total. The molecular formula is C41H28BrN. The summed E-state index contributed by atoms with van der Waals surface area (Å²) in [6, 6.07) is 47.9. The fourth-order valence-electron chi connectivity index (χ4n) is 6.79. The number of aromatic nitrogens is 1. The monoisotopic (exact) mass is 613 g/mol. The Morgan fingerprint density at radius 2 is 1.21 bits per heavy atom. The molecule has 8 rings (SSSR count). The second kappa shape index (κ2) is 9.87. The van der Waals surface area contributed by atoms with Crippen LogP contribution >= 0.6 is 15.9 Å². The van der Waals surface area contributed by atoms with Crippen LogP contribution in [-0.4, -0.2) is 4.57 Å². The van der Waals surface area contributed by atoms with Gasteiger partial charge in [0.1, 0.15) is 0 Å². The number of nitrogens with zero attached hydrogens (tertiary/aromatic N) is 1. The van der Waals surface area contributed by atoms with Crippen molar-refractivity contribution in [3.05, 3.63) is 160 Å². The predicted octanol–water partition coefficient (Wildman–Crippen LogP) is 10.9. The average molecular weight is 615 g/mol. The highest BCUT2D eigenvalue weighted by Crippen LogP contribution is 2.53. The van der Waals surface area contributed by atoms with Gasteiger partial charge in [-0.3, -0.25) is 0 Å². The van der Waals surface area contributed by atoms with Crippen LogP contribution in [0.1, 0.15) is 36.1 Å². The van der Waals surface area contributed by atoms with Crippen LogP contribution < -0.4 is 0 Å². The average Bonchev–Trinajstić information content (AvgIpc) is 3.50. The van der Waals surface area contributed by atoms with Crippen LogP contribution in [0.3, 0.4) is 0 Å². The van der Waals surface area contributed by atoms with Crippen molar-refractivity contribution in [1.29, 1.82) is 0 Å². The van der Waals surface area contributed by atoms with E-state index < -0.39 is 0 Å². The summed E-state index contributed by atoms with van der Waals surface area (Å²) in [7, 11) is 0. The first kappa shape index (κ1) is 25.8. The lowest BCUT2D eigenvalue weighted by Gasteiger charge is -2.24. The molecule has 1 aliphatic rings. The number of halogens is 1. The lowest BCUT2D eigenvalue weighted by Crippen LogP contribution is -2.16. The van der Waals surface area contributed by atoms with E-state index in [1.807, 2.05) is 24.3 Å². The predicted molar refractivity (Wildman–Crippen MR) is 184 cm³/mol. The van der Waals surface area contributed by atoms with Crippen LogP contribution in [0.15, 0.2) is 138 Å². The molecule has 1 aliphatic carbocycles. The Hall–Kier alpha value is -4.84. The highest BCUT2D eigenvalue weighted by molar-refractivity contribution is 9.10. The highest BCUT2D eigenvalue weighted by Gasteiger charge is 2.38. The van der Waals surface area contributed by atoms with E-state index in [2.05, 4.69) is 155 Å². The molecule has 43 heavy (non-hydrogen) atoms. The first-order chi connectivity index (χ1) is 21.0. The van der Waals surface area contributed by atoms with Crippen molar-refractivity contribution in [2.75, 3.05) is 0 Å². The minimum absolute atomic E-state index is 0.169. The van der Waals surface area contributed by atoms with Gasteiger partial charge in [0.2, 0.25) is 0 Å². The van der Waals surface area contributed by atoms with Crippen molar-refractivity contribution in [2.24, 2.45) is 0 Å². The Bertz CT molecular complexity index is 2240. The van der Waals surface area contributed by atoms with Gasteiger partial charge in [-0.2, -0.15) is 0 Å². The third kappa shape index (κ3) is 4.15. The van der Waals surface area contributed by atoms with Crippen molar-refractivity contribution >= 4 is 37.7 Å². The van der Waals surface area contributed by atoms with Gasteiger partial charge in [-0.05, 0) is 94.0 Å². The molecule has 0 spiro atoms. The van der Waals surface area contributed by atoms with Crippen molar-refractivity contribution in [1.82, 2.24) is 4.57 Å². The Balaban J connectivity index is 1.23. The maximum atomic E-state index is 3.49. The smallest absolute Gasteiger partial charge is 0.0588 e. The summed E-state index contributed by atoms with van der Waals surface area (Å²) in [4.78, 5) is 0. The lowest BCUT2D eigenvalue weighted by molar-refractivity contribution is 0.664. The van der Waals surface area contributed by atoms with Gasteiger partial charge in [0.05, 0.1) is 11.0 Å². The first-order valence-electron chi connectivity index (χ1n) is 14.6. The minimum Gasteiger partial charge on any atom is -0.309 e. The molecule has 2 heteroatoms. The molecule has 0 saturated heterocycles. The van der Waals surface area contributed by atoms with Gasteiger partial charge in [-0.15, -0.1) is 0 Å². The molecule has 0 radical (unpaired) electrons. The van der Waals surface area contributed by atoms with Gasteiger partial charge in [-0.25, -0.2) is 0 Å². The Morgan fingerprint density at radius 1 is 0.581 bits per heavy atom. The molecule has 0 saturated carbocycles. The zero-order chi connectivity index (χ0) is 29.1. The van der Waals surface area contributed by atoms with E-state index >= 15 is 0 Å². The van der Waals surface area contributed by atoms with Crippen molar-refractivity contribution < 1.29 is 0 Å². The molecule has 6 aromatic carbocycles. The van der Waals surface area contributed by atoms with Gasteiger partial charge in [0.15, 0.2) is 0 Å². The number of hydrogen-bond donors (Lipinski definition) is 0. The van der Waals surface area contributed by atoms with Gasteiger partial charge in [0, 0.05) is 37.5 Å². The number of benzene rings is 6. The molecule has 1 aromatic heterocycles. The van der Waals surface area contributed by atoms with E-state index in [9.17, 15) is 0 Å². The zero-order valence-electron chi connectivity index (χ0n) is 24.0. The summed E-state index contributed by atoms with van der Waals surface area (Å²) < 4.78 is 3.53. The van der Waals surface area contributed by atoms with Crippen molar-refractivity contribution in [3.8, 4) is 39.8 Å². The van der Waals surface area contributed by atoms with Crippen LogP contribution in [0.25, 0.3) is 49.7 Å². The summed E-state index contributed by atoms with van der Waals surface area (Å²) >= 11 is 3.49. The summed E-state index contributed by atoms with van der Waals surface area (Å²) in [6.07, 6.45) is 0. The van der Waals surface area contributed by atoms with E-state index in [1.165, 1.54) is 60.9 Å². The summed E-state index contributed by atoms with van der Waals surface area (Å²) in [5.41, 5.74) is 13.4. The molecule has 0 aliphatic heterocycles. The number of para-hydroxylation sites is 2. The molecule has 0 fully saturated rings. The number of rotatable bonds is 2. The summed E-state index contributed by atoms with van der Waals surface area (Å²) in [5, 5.41) is 2.60. The van der Waals surface area contributed by atoms with Crippen LogP contribution in [0.5, 0.6) is 0 Å². The molecule has 0 unspecified atom stereocenters. The second-order valence-electron chi connectivity index (χ2n) is 11.8. The van der Waals surface area contributed by atoms with Gasteiger partial charge < -0.3 is 4.57 Å². The van der Waals surface area contributed by atoms with E-state index in [4.69, 9.17) is 0 Å². The standard InChI is InChI=1S/C41H28BrN/c1-41(2)37-26-30(29-18-14-27(15-19-29)12-13-28-16-21-31(42)22-17-28)20-23-33(37)35-24-25-36-34-10-6-7-11-38(34)43(40(36)39(35)41)32-8-4-3-5-9-32/h3-11,14-26H,1-2H3. The van der Waals surface area contributed by atoms with Gasteiger partial charge in [0.25, 0.3) is 0 Å². The normalized spacial score (nSPS) is 13.0. The summed E-state index contributed by atoms with van der Waals surface area (Å²) in [5.74, 6) is 6.57. The third-order valence-electron chi connectivity index (χ3n) is 8.87. The van der Waals surface area contributed by atoms with Crippen LogP contribution in [0.4, 0.5) is 0 Å². The van der Waals surface area contributed by atoms with Gasteiger partial charge in [-0.1, -0.05) is 114 Å². The molecule has 0 N–H and O–H groups in total. The maximum absolute atomic E-state index is 3.49.